The smallest absolute Gasteiger partial charge is 0.332 e. The van der Waals surface area contributed by atoms with E-state index in [4.69, 9.17) is 0 Å². The molecule has 9 heteroatoms. The lowest BCUT2D eigenvalue weighted by molar-refractivity contribution is -0.384. The van der Waals surface area contributed by atoms with Gasteiger partial charge in [-0.1, -0.05) is 20.8 Å². The summed E-state index contributed by atoms with van der Waals surface area (Å²) in [6.07, 6.45) is -4.47. The Morgan fingerprint density at radius 1 is 1.20 bits per heavy atom. The molecule has 0 saturated carbocycles. The van der Waals surface area contributed by atoms with Gasteiger partial charge < -0.3 is 4.90 Å². The number of carbonyl (C=O) groups excluding carboxylic acids is 1. The third kappa shape index (κ3) is 7.76. The normalized spacial score (nSPS) is 13.4. The first-order chi connectivity index (χ1) is 11.3. The fourth-order valence-electron chi connectivity index (χ4n) is 2.16. The largest absolute Gasteiger partial charge is 0.406 e. The van der Waals surface area contributed by atoms with E-state index >= 15 is 0 Å². The van der Waals surface area contributed by atoms with E-state index in [2.05, 4.69) is 0 Å². The number of alkyl halides is 3. The summed E-state index contributed by atoms with van der Waals surface area (Å²) in [6.45, 7) is 5.50. The predicted molar refractivity (Wildman–Crippen MR) is 90.5 cm³/mol. The van der Waals surface area contributed by atoms with Crippen molar-refractivity contribution in [2.75, 3.05) is 13.1 Å². The zero-order valence-corrected chi connectivity index (χ0v) is 15.3. The van der Waals surface area contributed by atoms with Gasteiger partial charge in [0.15, 0.2) is 0 Å². The SMILES string of the molecule is CC(Sc1ccc([N+](=O)[O-])cc1)C(=O)N(CC(C)(C)C)CC(F)(F)F. The number of hydrogen-bond donors (Lipinski definition) is 0. The second-order valence-corrected chi connectivity index (χ2v) is 8.30. The predicted octanol–water partition coefficient (Wildman–Crippen LogP) is 4.51. The molecule has 1 unspecified atom stereocenters. The Bertz CT molecular complexity index is 597. The number of carbonyl (C=O) groups is 1. The number of amides is 1. The van der Waals surface area contributed by atoms with Crippen molar-refractivity contribution < 1.29 is 22.9 Å². The Hall–Kier alpha value is -1.77. The lowest BCUT2D eigenvalue weighted by Crippen LogP contribution is -2.46. The van der Waals surface area contributed by atoms with Crippen LogP contribution < -0.4 is 0 Å². The Morgan fingerprint density at radius 2 is 1.72 bits per heavy atom. The zero-order valence-electron chi connectivity index (χ0n) is 14.5. The van der Waals surface area contributed by atoms with E-state index in [-0.39, 0.29) is 12.2 Å². The number of non-ortho nitro benzene ring substituents is 1. The van der Waals surface area contributed by atoms with E-state index in [1.807, 2.05) is 0 Å². The molecule has 1 atom stereocenters. The summed E-state index contributed by atoms with van der Waals surface area (Å²) in [4.78, 5) is 24.0. The highest BCUT2D eigenvalue weighted by Crippen LogP contribution is 2.29. The highest BCUT2D eigenvalue weighted by Gasteiger charge is 2.36. The average Bonchev–Trinajstić information content (AvgIpc) is 2.43. The first kappa shape index (κ1) is 21.3. The van der Waals surface area contributed by atoms with Crippen LogP contribution in [0.25, 0.3) is 0 Å². The summed E-state index contributed by atoms with van der Waals surface area (Å²) >= 11 is 1.07. The number of hydrogen-bond acceptors (Lipinski definition) is 4. The minimum absolute atomic E-state index is 0.0174. The van der Waals surface area contributed by atoms with Gasteiger partial charge in [-0.25, -0.2) is 0 Å². The summed E-state index contributed by atoms with van der Waals surface area (Å²) in [5.74, 6) is -0.615. The maximum atomic E-state index is 12.8. The molecule has 25 heavy (non-hydrogen) atoms. The Kier molecular flexibility index (Phi) is 6.87. The first-order valence-corrected chi connectivity index (χ1v) is 8.43. The third-order valence-electron chi connectivity index (χ3n) is 3.06. The van der Waals surface area contributed by atoms with Gasteiger partial charge in [0.2, 0.25) is 5.91 Å². The molecule has 0 spiro atoms. The van der Waals surface area contributed by atoms with Gasteiger partial charge in [0, 0.05) is 23.6 Å². The molecule has 0 aliphatic heterocycles. The number of benzene rings is 1. The zero-order chi connectivity index (χ0) is 19.4. The number of thioether (sulfide) groups is 1. The maximum absolute atomic E-state index is 12.8. The topological polar surface area (TPSA) is 63.5 Å². The summed E-state index contributed by atoms with van der Waals surface area (Å²) < 4.78 is 38.4. The van der Waals surface area contributed by atoms with Crippen molar-refractivity contribution in [2.24, 2.45) is 5.41 Å². The van der Waals surface area contributed by atoms with E-state index in [0.717, 1.165) is 16.7 Å². The fourth-order valence-corrected chi connectivity index (χ4v) is 3.11. The average molecular weight is 378 g/mol. The monoisotopic (exact) mass is 378 g/mol. The summed E-state index contributed by atoms with van der Waals surface area (Å²) in [5.41, 5.74) is -0.562. The number of rotatable bonds is 6. The molecule has 0 aromatic heterocycles. The van der Waals surface area contributed by atoms with Crippen molar-refractivity contribution in [3.8, 4) is 0 Å². The molecule has 1 amide bonds. The Labute approximate surface area is 148 Å². The molecule has 140 valence electrons. The lowest BCUT2D eigenvalue weighted by atomic mass is 9.96. The molecule has 1 rings (SSSR count). The molecule has 0 fully saturated rings. The maximum Gasteiger partial charge on any atom is 0.406 e. The van der Waals surface area contributed by atoms with Gasteiger partial charge in [0.25, 0.3) is 5.69 Å². The van der Waals surface area contributed by atoms with Crippen molar-refractivity contribution in [1.29, 1.82) is 0 Å². The second kappa shape index (κ2) is 8.07. The molecule has 0 aliphatic rings. The van der Waals surface area contributed by atoms with E-state index in [9.17, 15) is 28.1 Å². The van der Waals surface area contributed by atoms with Crippen LogP contribution >= 0.6 is 11.8 Å². The van der Waals surface area contributed by atoms with Crippen molar-refractivity contribution in [1.82, 2.24) is 4.90 Å². The lowest BCUT2D eigenvalue weighted by Gasteiger charge is -2.32. The molecular formula is C16H21F3N2O3S. The summed E-state index contributed by atoms with van der Waals surface area (Å²) in [7, 11) is 0. The van der Waals surface area contributed by atoms with Gasteiger partial charge in [-0.15, -0.1) is 11.8 Å². The number of nitrogens with zero attached hydrogens (tertiary/aromatic N) is 2. The van der Waals surface area contributed by atoms with E-state index in [1.54, 1.807) is 20.8 Å². The van der Waals surface area contributed by atoms with Crippen LogP contribution in [0.5, 0.6) is 0 Å². The van der Waals surface area contributed by atoms with Crippen molar-refractivity contribution >= 4 is 23.4 Å². The second-order valence-electron chi connectivity index (χ2n) is 6.88. The number of halogens is 3. The van der Waals surface area contributed by atoms with Crippen LogP contribution in [-0.4, -0.2) is 40.2 Å². The van der Waals surface area contributed by atoms with Crippen LogP contribution in [0.2, 0.25) is 0 Å². The minimum atomic E-state index is -4.47. The highest BCUT2D eigenvalue weighted by molar-refractivity contribution is 8.00. The van der Waals surface area contributed by atoms with E-state index in [1.165, 1.54) is 31.2 Å². The van der Waals surface area contributed by atoms with Crippen LogP contribution in [0, 0.1) is 15.5 Å². The van der Waals surface area contributed by atoms with Crippen LogP contribution in [0.4, 0.5) is 18.9 Å². The molecular weight excluding hydrogens is 357 g/mol. The Balaban J connectivity index is 2.86. The molecule has 0 saturated heterocycles. The van der Waals surface area contributed by atoms with Crippen LogP contribution in [-0.2, 0) is 4.79 Å². The number of nitro benzene ring substituents is 1. The van der Waals surface area contributed by atoms with Crippen molar-refractivity contribution in [3.63, 3.8) is 0 Å². The highest BCUT2D eigenvalue weighted by atomic mass is 32.2. The summed E-state index contributed by atoms with van der Waals surface area (Å²) in [6, 6.07) is 5.54. The fraction of sp³-hybridized carbons (Fsp3) is 0.562. The third-order valence-corrected chi connectivity index (χ3v) is 4.15. The molecule has 0 bridgehead atoms. The molecule has 1 aromatic carbocycles. The molecule has 0 radical (unpaired) electrons. The molecule has 0 N–H and O–H groups in total. The van der Waals surface area contributed by atoms with Gasteiger partial charge >= 0.3 is 6.18 Å². The van der Waals surface area contributed by atoms with E-state index < -0.39 is 34.2 Å². The van der Waals surface area contributed by atoms with Gasteiger partial charge in [-0.2, -0.15) is 13.2 Å². The van der Waals surface area contributed by atoms with Crippen LogP contribution in [0.1, 0.15) is 27.7 Å². The quantitative estimate of drug-likeness (QED) is 0.415. The van der Waals surface area contributed by atoms with Gasteiger partial charge in [-0.05, 0) is 24.5 Å². The Morgan fingerprint density at radius 3 is 2.12 bits per heavy atom. The minimum Gasteiger partial charge on any atom is -0.332 e. The van der Waals surface area contributed by atoms with Crippen molar-refractivity contribution in [3.05, 3.63) is 34.4 Å². The molecule has 0 aliphatic carbocycles. The van der Waals surface area contributed by atoms with E-state index in [0.29, 0.717) is 4.90 Å². The van der Waals surface area contributed by atoms with Gasteiger partial charge in [0.1, 0.15) is 6.54 Å². The van der Waals surface area contributed by atoms with Crippen molar-refractivity contribution in [2.45, 2.75) is 44.0 Å². The van der Waals surface area contributed by atoms with Crippen LogP contribution in [0.3, 0.4) is 0 Å². The standard InChI is InChI=1S/C16H21F3N2O3S/c1-11(25-13-7-5-12(6-8-13)21(23)24)14(22)20(9-15(2,3)4)10-16(17,18)19/h5-8,11H,9-10H2,1-4H3. The van der Waals surface area contributed by atoms with Gasteiger partial charge in [0.05, 0.1) is 10.2 Å². The molecule has 5 nitrogen and oxygen atoms in total. The van der Waals surface area contributed by atoms with Gasteiger partial charge in [-0.3, -0.25) is 14.9 Å². The van der Waals surface area contributed by atoms with Crippen LogP contribution in [0.15, 0.2) is 29.2 Å². The molecule has 0 heterocycles. The molecule has 1 aromatic rings. The first-order valence-electron chi connectivity index (χ1n) is 7.55. The summed E-state index contributed by atoms with van der Waals surface area (Å²) in [5, 5.41) is 9.88. The number of nitro groups is 1.